The van der Waals surface area contributed by atoms with Crippen LogP contribution in [0.1, 0.15) is 104 Å². The van der Waals surface area contributed by atoms with Crippen LogP contribution in [0, 0.1) is 0 Å². The highest BCUT2D eigenvalue weighted by molar-refractivity contribution is 9.09. The summed E-state index contributed by atoms with van der Waals surface area (Å²) < 4.78 is 5.38. The summed E-state index contributed by atoms with van der Waals surface area (Å²) in [6.45, 7) is 5.00. The van der Waals surface area contributed by atoms with E-state index in [0.29, 0.717) is 6.61 Å². The summed E-state index contributed by atoms with van der Waals surface area (Å²) >= 11 is 3.45. The van der Waals surface area contributed by atoms with Crippen molar-refractivity contribution in [2.24, 2.45) is 0 Å². The maximum Gasteiger partial charge on any atom is 0.330 e. The molecule has 142 valence electrons. The van der Waals surface area contributed by atoms with E-state index < -0.39 is 0 Å². The van der Waals surface area contributed by atoms with Gasteiger partial charge in [0.15, 0.2) is 0 Å². The molecule has 0 aromatic carbocycles. The maximum atomic E-state index is 12.0. The van der Waals surface area contributed by atoms with Crippen molar-refractivity contribution >= 4 is 21.9 Å². The highest BCUT2D eigenvalue weighted by Gasteiger charge is 2.04. The van der Waals surface area contributed by atoms with Crippen LogP contribution in [0.4, 0.5) is 0 Å². The van der Waals surface area contributed by atoms with Crippen molar-refractivity contribution in [1.29, 1.82) is 0 Å². The average Bonchev–Trinajstić information content (AvgIpc) is 2.58. The number of hydrogen-bond donors (Lipinski definition) is 0. The molecule has 0 aliphatic rings. The Balaban J connectivity index is 3.88. The van der Waals surface area contributed by atoms with Crippen molar-refractivity contribution in [3.63, 3.8) is 0 Å². The third-order valence-electron chi connectivity index (χ3n) is 4.30. The Morgan fingerprint density at radius 2 is 1.38 bits per heavy atom. The fraction of sp³-hybridized carbons (Fsp3) is 0.857. The second-order valence-electron chi connectivity index (χ2n) is 6.69. The number of hydrogen-bond acceptors (Lipinski definition) is 2. The van der Waals surface area contributed by atoms with E-state index in [9.17, 15) is 4.79 Å². The number of allylic oxidation sites excluding steroid dienone is 1. The first-order valence-corrected chi connectivity index (χ1v) is 11.3. The minimum Gasteiger partial charge on any atom is -0.463 e. The molecule has 0 atom stereocenters. The summed E-state index contributed by atoms with van der Waals surface area (Å²) in [6, 6.07) is 0. The zero-order valence-corrected chi connectivity index (χ0v) is 17.7. The molecule has 0 saturated carbocycles. The summed E-state index contributed by atoms with van der Waals surface area (Å²) in [6.07, 6.45) is 18.5. The van der Waals surface area contributed by atoms with Gasteiger partial charge in [-0.15, -0.1) is 0 Å². The molecule has 0 aliphatic heterocycles. The molecule has 3 heteroatoms. The monoisotopic (exact) mass is 402 g/mol. The normalized spacial score (nSPS) is 11.7. The van der Waals surface area contributed by atoms with E-state index in [1.54, 1.807) is 6.08 Å². The molecule has 0 amide bonds. The number of esters is 1. The van der Waals surface area contributed by atoms with E-state index >= 15 is 0 Å². The SMILES string of the molecule is CCCCCC/C(=C/C(=O)OCCCCCCCCBr)CCCC. The highest BCUT2D eigenvalue weighted by Crippen LogP contribution is 2.16. The van der Waals surface area contributed by atoms with Crippen LogP contribution in [0.25, 0.3) is 0 Å². The summed E-state index contributed by atoms with van der Waals surface area (Å²) in [5.74, 6) is -0.129. The van der Waals surface area contributed by atoms with Crippen molar-refractivity contribution in [3.8, 4) is 0 Å². The van der Waals surface area contributed by atoms with Crippen LogP contribution in [0.5, 0.6) is 0 Å². The van der Waals surface area contributed by atoms with Gasteiger partial charge < -0.3 is 4.74 Å². The second kappa shape index (κ2) is 19.0. The third-order valence-corrected chi connectivity index (χ3v) is 4.86. The van der Waals surface area contributed by atoms with Gasteiger partial charge in [-0.1, -0.05) is 86.7 Å². The van der Waals surface area contributed by atoms with Crippen LogP contribution in [0.3, 0.4) is 0 Å². The van der Waals surface area contributed by atoms with Crippen LogP contribution >= 0.6 is 15.9 Å². The Morgan fingerprint density at radius 1 is 0.792 bits per heavy atom. The van der Waals surface area contributed by atoms with Gasteiger partial charge in [0.1, 0.15) is 0 Å². The van der Waals surface area contributed by atoms with E-state index in [2.05, 4.69) is 29.8 Å². The number of ether oxygens (including phenoxy) is 1. The topological polar surface area (TPSA) is 26.3 Å². The minimum absolute atomic E-state index is 0.129. The lowest BCUT2D eigenvalue weighted by Gasteiger charge is -2.08. The van der Waals surface area contributed by atoms with Gasteiger partial charge >= 0.3 is 5.97 Å². The summed E-state index contributed by atoms with van der Waals surface area (Å²) in [5, 5.41) is 1.11. The molecule has 0 fully saturated rings. The van der Waals surface area contributed by atoms with Gasteiger partial charge in [0.25, 0.3) is 0 Å². The second-order valence-corrected chi connectivity index (χ2v) is 7.49. The summed E-state index contributed by atoms with van der Waals surface area (Å²) in [4.78, 5) is 12.0. The third kappa shape index (κ3) is 16.5. The Morgan fingerprint density at radius 3 is 2.04 bits per heavy atom. The lowest BCUT2D eigenvalue weighted by atomic mass is 10.0. The fourth-order valence-electron chi connectivity index (χ4n) is 2.74. The first-order valence-electron chi connectivity index (χ1n) is 10.2. The lowest BCUT2D eigenvalue weighted by Crippen LogP contribution is -2.04. The molecule has 0 radical (unpaired) electrons. The van der Waals surface area contributed by atoms with E-state index in [1.807, 2.05) is 0 Å². The van der Waals surface area contributed by atoms with Gasteiger partial charge in [0.05, 0.1) is 6.61 Å². The van der Waals surface area contributed by atoms with Crippen molar-refractivity contribution in [2.75, 3.05) is 11.9 Å². The Bertz CT molecular complexity index is 313. The molecule has 0 saturated heterocycles. The Hall–Kier alpha value is -0.310. The van der Waals surface area contributed by atoms with Gasteiger partial charge in [-0.25, -0.2) is 4.79 Å². The first kappa shape index (κ1) is 23.7. The Kier molecular flexibility index (Phi) is 18.8. The minimum atomic E-state index is -0.129. The van der Waals surface area contributed by atoms with Crippen LogP contribution < -0.4 is 0 Å². The van der Waals surface area contributed by atoms with Crippen molar-refractivity contribution in [2.45, 2.75) is 104 Å². The molecule has 0 aromatic heterocycles. The van der Waals surface area contributed by atoms with E-state index in [4.69, 9.17) is 4.74 Å². The van der Waals surface area contributed by atoms with Crippen LogP contribution in [-0.4, -0.2) is 17.9 Å². The van der Waals surface area contributed by atoms with Gasteiger partial charge in [-0.05, 0) is 38.5 Å². The van der Waals surface area contributed by atoms with Crippen LogP contribution in [0.2, 0.25) is 0 Å². The average molecular weight is 403 g/mol. The van der Waals surface area contributed by atoms with E-state index in [0.717, 1.165) is 24.6 Å². The molecule has 0 rings (SSSR count). The predicted octanol–water partition coefficient (Wildman–Crippen LogP) is 7.35. The largest absolute Gasteiger partial charge is 0.463 e. The summed E-state index contributed by atoms with van der Waals surface area (Å²) in [5.41, 5.74) is 1.28. The summed E-state index contributed by atoms with van der Waals surface area (Å²) in [7, 11) is 0. The van der Waals surface area contributed by atoms with Crippen molar-refractivity contribution in [3.05, 3.63) is 11.6 Å². The van der Waals surface area contributed by atoms with E-state index in [1.165, 1.54) is 76.2 Å². The molecule has 0 unspecified atom stereocenters. The van der Waals surface area contributed by atoms with Crippen LogP contribution in [-0.2, 0) is 9.53 Å². The van der Waals surface area contributed by atoms with Crippen LogP contribution in [0.15, 0.2) is 11.6 Å². The molecular formula is C21H39BrO2. The molecule has 0 N–H and O–H groups in total. The number of carbonyl (C=O) groups is 1. The smallest absolute Gasteiger partial charge is 0.330 e. The number of carbonyl (C=O) groups excluding carboxylic acids is 1. The predicted molar refractivity (Wildman–Crippen MR) is 109 cm³/mol. The molecule has 0 spiro atoms. The lowest BCUT2D eigenvalue weighted by molar-refractivity contribution is -0.137. The zero-order chi connectivity index (χ0) is 17.9. The molecular weight excluding hydrogens is 364 g/mol. The van der Waals surface area contributed by atoms with Crippen molar-refractivity contribution < 1.29 is 9.53 Å². The quantitative estimate of drug-likeness (QED) is 0.110. The van der Waals surface area contributed by atoms with Gasteiger partial charge in [0, 0.05) is 11.4 Å². The fourth-order valence-corrected chi connectivity index (χ4v) is 3.13. The van der Waals surface area contributed by atoms with Crippen molar-refractivity contribution in [1.82, 2.24) is 0 Å². The number of alkyl halides is 1. The Labute approximate surface area is 158 Å². The number of unbranched alkanes of at least 4 members (excludes halogenated alkanes) is 9. The first-order chi connectivity index (χ1) is 11.7. The zero-order valence-electron chi connectivity index (χ0n) is 16.1. The molecule has 0 aromatic rings. The highest BCUT2D eigenvalue weighted by atomic mass is 79.9. The van der Waals surface area contributed by atoms with Gasteiger partial charge in [-0.2, -0.15) is 0 Å². The standard InChI is InChI=1S/C21H39BrO2/c1-3-5-7-12-16-20(15-6-4-2)19-21(23)24-18-14-11-9-8-10-13-17-22/h19H,3-18H2,1-2H3/b20-19+. The van der Waals surface area contributed by atoms with E-state index in [-0.39, 0.29) is 5.97 Å². The van der Waals surface area contributed by atoms with Gasteiger partial charge in [-0.3, -0.25) is 0 Å². The molecule has 0 heterocycles. The number of rotatable bonds is 17. The molecule has 0 bridgehead atoms. The molecule has 24 heavy (non-hydrogen) atoms. The molecule has 2 nitrogen and oxygen atoms in total. The number of halogens is 1. The van der Waals surface area contributed by atoms with Gasteiger partial charge in [0.2, 0.25) is 0 Å². The molecule has 0 aliphatic carbocycles. The maximum absolute atomic E-state index is 12.0.